The molecule has 0 unspecified atom stereocenters. The molecule has 0 saturated carbocycles. The van der Waals surface area contributed by atoms with Crippen LogP contribution in [0.2, 0.25) is 5.02 Å². The van der Waals surface area contributed by atoms with Gasteiger partial charge in [-0.3, -0.25) is 4.79 Å². The third-order valence-corrected chi connectivity index (χ3v) is 8.60. The molecule has 4 rings (SSSR count). The maximum Gasteiger partial charge on any atom is 0.251 e. The van der Waals surface area contributed by atoms with Crippen molar-refractivity contribution in [1.29, 1.82) is 0 Å². The van der Waals surface area contributed by atoms with Gasteiger partial charge >= 0.3 is 0 Å². The number of nitrogens with zero attached hydrogens (tertiary/aromatic N) is 2. The minimum atomic E-state index is -3.70. The second-order valence-corrected chi connectivity index (χ2v) is 11.1. The van der Waals surface area contributed by atoms with Crippen molar-refractivity contribution in [2.75, 3.05) is 19.6 Å². The average molecular weight is 490 g/mol. The average Bonchev–Trinajstić information content (AvgIpc) is 3.47. The predicted molar refractivity (Wildman–Crippen MR) is 128 cm³/mol. The van der Waals surface area contributed by atoms with Crippen LogP contribution in [0.5, 0.6) is 0 Å². The number of sulfonamides is 1. The Kier molecular flexibility index (Phi) is 6.95. The van der Waals surface area contributed by atoms with E-state index >= 15 is 0 Å². The number of carbonyl (C=O) groups excluding carboxylic acids is 1. The lowest BCUT2D eigenvalue weighted by Gasteiger charge is -2.17. The summed E-state index contributed by atoms with van der Waals surface area (Å²) >= 11 is 7.79. The first kappa shape index (κ1) is 22.9. The van der Waals surface area contributed by atoms with Gasteiger partial charge in [-0.05, 0) is 49.9 Å². The number of hydrogen-bond acceptors (Lipinski definition) is 5. The van der Waals surface area contributed by atoms with E-state index in [0.29, 0.717) is 26.1 Å². The Morgan fingerprint density at radius 1 is 1.16 bits per heavy atom. The van der Waals surface area contributed by atoms with Gasteiger partial charge in [-0.1, -0.05) is 35.9 Å². The molecule has 1 aliphatic heterocycles. The van der Waals surface area contributed by atoms with Crippen LogP contribution >= 0.6 is 22.9 Å². The van der Waals surface area contributed by atoms with Crippen molar-refractivity contribution >= 4 is 38.9 Å². The Morgan fingerprint density at radius 2 is 1.88 bits per heavy atom. The van der Waals surface area contributed by atoms with Crippen LogP contribution in [-0.2, 0) is 16.4 Å². The van der Waals surface area contributed by atoms with E-state index in [1.54, 1.807) is 17.4 Å². The highest BCUT2D eigenvalue weighted by Crippen LogP contribution is 2.28. The smallest absolute Gasteiger partial charge is 0.251 e. The van der Waals surface area contributed by atoms with E-state index in [4.69, 9.17) is 11.6 Å². The van der Waals surface area contributed by atoms with Crippen LogP contribution in [-0.4, -0.2) is 43.2 Å². The van der Waals surface area contributed by atoms with Gasteiger partial charge in [0.1, 0.15) is 4.90 Å². The highest BCUT2D eigenvalue weighted by Gasteiger charge is 2.29. The van der Waals surface area contributed by atoms with E-state index in [-0.39, 0.29) is 21.4 Å². The molecule has 0 aliphatic carbocycles. The topological polar surface area (TPSA) is 79.4 Å². The number of rotatable bonds is 7. The Hall–Kier alpha value is -2.26. The number of thiazole rings is 1. The largest absolute Gasteiger partial charge is 0.352 e. The van der Waals surface area contributed by atoms with Gasteiger partial charge in [-0.25, -0.2) is 13.4 Å². The fraction of sp³-hybridized carbons (Fsp3) is 0.304. The van der Waals surface area contributed by atoms with Crippen molar-refractivity contribution in [3.05, 3.63) is 69.0 Å². The van der Waals surface area contributed by atoms with Crippen LogP contribution in [0.4, 0.5) is 0 Å². The predicted octanol–water partition coefficient (Wildman–Crippen LogP) is 4.53. The zero-order valence-corrected chi connectivity index (χ0v) is 20.1. The molecule has 1 saturated heterocycles. The fourth-order valence-electron chi connectivity index (χ4n) is 3.67. The van der Waals surface area contributed by atoms with Gasteiger partial charge < -0.3 is 5.32 Å². The Labute approximate surface area is 197 Å². The summed E-state index contributed by atoms with van der Waals surface area (Å²) in [6.07, 6.45) is 2.33. The number of carbonyl (C=O) groups is 1. The summed E-state index contributed by atoms with van der Waals surface area (Å²) in [5.41, 5.74) is 3.40. The molecule has 6 nitrogen and oxygen atoms in total. The maximum absolute atomic E-state index is 12.9. The van der Waals surface area contributed by atoms with E-state index in [1.807, 2.05) is 36.6 Å². The molecule has 1 amide bonds. The number of halogens is 1. The standard InChI is InChI=1S/C23H24ClN3O3S2/c1-16-26-21(15-31-16)18-6-4-17(5-7-18)10-11-25-23(28)19-8-9-20(24)22(14-19)32(29,30)27-12-2-3-13-27/h4-9,14-15H,2-3,10-13H2,1H3,(H,25,28). The van der Waals surface area contributed by atoms with E-state index in [2.05, 4.69) is 10.3 Å². The van der Waals surface area contributed by atoms with Crippen LogP contribution < -0.4 is 5.32 Å². The second kappa shape index (κ2) is 9.70. The van der Waals surface area contributed by atoms with Crippen molar-refractivity contribution in [3.8, 4) is 11.3 Å². The summed E-state index contributed by atoms with van der Waals surface area (Å²) in [6.45, 7) is 3.38. The molecule has 1 aliphatic rings. The fourth-order valence-corrected chi connectivity index (χ4v) is 6.31. The second-order valence-electron chi connectivity index (χ2n) is 7.71. The Morgan fingerprint density at radius 3 is 2.53 bits per heavy atom. The van der Waals surface area contributed by atoms with Crippen LogP contribution in [0.15, 0.2) is 52.7 Å². The maximum atomic E-state index is 12.9. The summed E-state index contributed by atoms with van der Waals surface area (Å²) in [6, 6.07) is 12.5. The quantitative estimate of drug-likeness (QED) is 0.528. The van der Waals surface area contributed by atoms with Gasteiger partial charge in [0.05, 0.1) is 15.7 Å². The molecule has 1 fully saturated rings. The van der Waals surface area contributed by atoms with Crippen LogP contribution in [0.1, 0.15) is 33.8 Å². The molecule has 32 heavy (non-hydrogen) atoms. The van der Waals surface area contributed by atoms with E-state index < -0.39 is 10.0 Å². The molecule has 168 valence electrons. The molecule has 0 radical (unpaired) electrons. The number of hydrogen-bond donors (Lipinski definition) is 1. The molecule has 0 spiro atoms. The molecule has 1 aromatic heterocycles. The molecule has 2 heterocycles. The van der Waals surface area contributed by atoms with Crippen LogP contribution in [0.3, 0.4) is 0 Å². The van der Waals surface area contributed by atoms with Gasteiger partial charge in [-0.2, -0.15) is 4.31 Å². The number of amides is 1. The lowest BCUT2D eigenvalue weighted by molar-refractivity contribution is 0.0954. The molecule has 0 atom stereocenters. The molecular formula is C23H24ClN3O3S2. The molecule has 9 heteroatoms. The Balaban J connectivity index is 1.38. The number of aryl methyl sites for hydroxylation is 1. The first-order valence-corrected chi connectivity index (χ1v) is 13.1. The van der Waals surface area contributed by atoms with Gasteiger partial charge in [0.2, 0.25) is 10.0 Å². The molecule has 2 aromatic carbocycles. The van der Waals surface area contributed by atoms with Crippen molar-refractivity contribution in [2.45, 2.75) is 31.1 Å². The summed E-state index contributed by atoms with van der Waals surface area (Å²) in [4.78, 5) is 17.1. The molecule has 0 bridgehead atoms. The van der Waals surface area contributed by atoms with Crippen molar-refractivity contribution in [1.82, 2.24) is 14.6 Å². The monoisotopic (exact) mass is 489 g/mol. The van der Waals surface area contributed by atoms with Crippen molar-refractivity contribution < 1.29 is 13.2 Å². The highest BCUT2D eigenvalue weighted by atomic mass is 35.5. The van der Waals surface area contributed by atoms with Gasteiger partial charge in [0.25, 0.3) is 5.91 Å². The molecule has 1 N–H and O–H groups in total. The third kappa shape index (κ3) is 5.04. The summed E-state index contributed by atoms with van der Waals surface area (Å²) < 4.78 is 27.2. The minimum absolute atomic E-state index is 0.0124. The summed E-state index contributed by atoms with van der Waals surface area (Å²) in [5, 5.41) is 6.06. The van der Waals surface area contributed by atoms with Gasteiger partial charge in [0, 0.05) is 36.1 Å². The lowest BCUT2D eigenvalue weighted by Crippen LogP contribution is -2.29. The zero-order chi connectivity index (χ0) is 22.7. The van der Waals surface area contributed by atoms with Crippen molar-refractivity contribution in [3.63, 3.8) is 0 Å². The summed E-state index contributed by atoms with van der Waals surface area (Å²) in [7, 11) is -3.70. The van der Waals surface area contributed by atoms with Crippen LogP contribution in [0.25, 0.3) is 11.3 Å². The number of benzene rings is 2. The highest BCUT2D eigenvalue weighted by molar-refractivity contribution is 7.89. The minimum Gasteiger partial charge on any atom is -0.352 e. The lowest BCUT2D eigenvalue weighted by atomic mass is 10.1. The van der Waals surface area contributed by atoms with E-state index in [1.165, 1.54) is 16.4 Å². The number of nitrogens with one attached hydrogen (secondary N) is 1. The first-order valence-electron chi connectivity index (χ1n) is 10.4. The normalized spacial score (nSPS) is 14.6. The van der Waals surface area contributed by atoms with Crippen LogP contribution in [0, 0.1) is 6.92 Å². The Bertz CT molecular complexity index is 1220. The zero-order valence-electron chi connectivity index (χ0n) is 17.7. The SMILES string of the molecule is Cc1nc(-c2ccc(CCNC(=O)c3ccc(Cl)c(S(=O)(=O)N4CCCC4)c3)cc2)cs1. The van der Waals surface area contributed by atoms with Crippen molar-refractivity contribution in [2.24, 2.45) is 0 Å². The third-order valence-electron chi connectivity index (χ3n) is 5.44. The summed E-state index contributed by atoms with van der Waals surface area (Å²) in [5.74, 6) is -0.325. The molecule has 3 aromatic rings. The van der Waals surface area contributed by atoms with E-state index in [0.717, 1.165) is 34.7 Å². The molecular weight excluding hydrogens is 466 g/mol. The first-order chi connectivity index (χ1) is 15.3. The number of aromatic nitrogens is 1. The van der Waals surface area contributed by atoms with E-state index in [9.17, 15) is 13.2 Å². The van der Waals surface area contributed by atoms with Gasteiger partial charge in [0.15, 0.2) is 0 Å². The van der Waals surface area contributed by atoms with Gasteiger partial charge in [-0.15, -0.1) is 11.3 Å².